The van der Waals surface area contributed by atoms with Gasteiger partial charge in [0.2, 0.25) is 10.0 Å². The van der Waals surface area contributed by atoms with E-state index in [1.54, 1.807) is 7.11 Å². The van der Waals surface area contributed by atoms with Gasteiger partial charge in [0.05, 0.1) is 9.37 Å². The third-order valence-electron chi connectivity index (χ3n) is 2.27. The molecule has 1 rings (SSSR count). The summed E-state index contributed by atoms with van der Waals surface area (Å²) in [7, 11) is -2.13. The fourth-order valence-corrected chi connectivity index (χ4v) is 2.75. The first-order valence-corrected chi connectivity index (χ1v) is 7.58. The van der Waals surface area contributed by atoms with Crippen molar-refractivity contribution in [3.63, 3.8) is 0 Å². The predicted molar refractivity (Wildman–Crippen MR) is 70.3 cm³/mol. The molecule has 0 bridgehead atoms. The molecule has 0 fully saturated rings. The van der Waals surface area contributed by atoms with Gasteiger partial charge in [0.25, 0.3) is 0 Å². The Morgan fingerprint density at radius 1 is 1.50 bits per heavy atom. The van der Waals surface area contributed by atoms with Crippen LogP contribution in [0.25, 0.3) is 0 Å². The molecule has 1 aromatic carbocycles. The fourth-order valence-electron chi connectivity index (χ4n) is 1.32. The van der Waals surface area contributed by atoms with Crippen LogP contribution in [0.1, 0.15) is 6.92 Å². The quantitative estimate of drug-likeness (QED) is 0.863. The van der Waals surface area contributed by atoms with E-state index in [0.29, 0.717) is 6.61 Å². The highest BCUT2D eigenvalue weighted by atomic mass is 79.9. The second-order valence-electron chi connectivity index (χ2n) is 3.99. The van der Waals surface area contributed by atoms with E-state index in [4.69, 9.17) is 4.74 Å². The second kappa shape index (κ2) is 6.60. The SMILES string of the molecule is COCC(C)CNS(=O)(=O)c1ccc(Br)c(F)c1. The first-order valence-electron chi connectivity index (χ1n) is 5.30. The molecule has 1 unspecified atom stereocenters. The van der Waals surface area contributed by atoms with Crippen molar-refractivity contribution >= 4 is 26.0 Å². The van der Waals surface area contributed by atoms with Gasteiger partial charge in [0.1, 0.15) is 5.82 Å². The normalized spacial score (nSPS) is 13.6. The van der Waals surface area contributed by atoms with Crippen LogP contribution < -0.4 is 4.72 Å². The summed E-state index contributed by atoms with van der Waals surface area (Å²) >= 11 is 2.97. The molecule has 1 atom stereocenters. The van der Waals surface area contributed by atoms with Crippen LogP contribution in [0.4, 0.5) is 4.39 Å². The average molecular weight is 340 g/mol. The zero-order valence-corrected chi connectivity index (χ0v) is 12.5. The molecule has 0 aliphatic rings. The van der Waals surface area contributed by atoms with Crippen LogP contribution in [0.15, 0.2) is 27.6 Å². The summed E-state index contributed by atoms with van der Waals surface area (Å²) in [6, 6.07) is 3.69. The Bertz CT molecular complexity index is 507. The van der Waals surface area contributed by atoms with E-state index in [-0.39, 0.29) is 21.8 Å². The van der Waals surface area contributed by atoms with Crippen molar-refractivity contribution in [2.24, 2.45) is 5.92 Å². The molecule has 18 heavy (non-hydrogen) atoms. The highest BCUT2D eigenvalue weighted by Crippen LogP contribution is 2.19. The number of hydrogen-bond donors (Lipinski definition) is 1. The Labute approximate surface area is 115 Å². The maximum atomic E-state index is 13.3. The Hall–Kier alpha value is -0.500. The van der Waals surface area contributed by atoms with Crippen molar-refractivity contribution in [1.29, 1.82) is 0 Å². The number of nitrogens with one attached hydrogen (secondary N) is 1. The molecule has 0 radical (unpaired) electrons. The number of methoxy groups -OCH3 is 1. The highest BCUT2D eigenvalue weighted by Gasteiger charge is 2.16. The van der Waals surface area contributed by atoms with Crippen LogP contribution in [0.3, 0.4) is 0 Å². The van der Waals surface area contributed by atoms with Crippen LogP contribution in [0, 0.1) is 11.7 Å². The number of rotatable bonds is 6. The average Bonchev–Trinajstić information content (AvgIpc) is 2.30. The van der Waals surface area contributed by atoms with Crippen LogP contribution >= 0.6 is 15.9 Å². The first kappa shape index (κ1) is 15.6. The molecule has 0 aromatic heterocycles. The van der Waals surface area contributed by atoms with Crippen molar-refractivity contribution in [3.8, 4) is 0 Å². The Morgan fingerprint density at radius 3 is 2.72 bits per heavy atom. The summed E-state index contributed by atoms with van der Waals surface area (Å²) < 4.78 is 44.6. The monoisotopic (exact) mass is 339 g/mol. The van der Waals surface area contributed by atoms with E-state index in [2.05, 4.69) is 20.7 Å². The van der Waals surface area contributed by atoms with Crippen molar-refractivity contribution < 1.29 is 17.5 Å². The van der Waals surface area contributed by atoms with Gasteiger partial charge in [-0.2, -0.15) is 0 Å². The summed E-state index contributed by atoms with van der Waals surface area (Å²) in [6.45, 7) is 2.55. The number of ether oxygens (including phenoxy) is 1. The first-order chi connectivity index (χ1) is 8.36. The van der Waals surface area contributed by atoms with Crippen LogP contribution in [-0.2, 0) is 14.8 Å². The molecule has 7 heteroatoms. The van der Waals surface area contributed by atoms with Crippen molar-refractivity contribution in [2.75, 3.05) is 20.3 Å². The molecule has 0 aliphatic carbocycles. The fraction of sp³-hybridized carbons (Fsp3) is 0.455. The van der Waals surface area contributed by atoms with Crippen molar-refractivity contribution in [3.05, 3.63) is 28.5 Å². The lowest BCUT2D eigenvalue weighted by Crippen LogP contribution is -2.30. The minimum atomic E-state index is -3.68. The number of sulfonamides is 1. The molecule has 0 amide bonds. The van der Waals surface area contributed by atoms with Gasteiger partial charge in [0, 0.05) is 20.3 Å². The molecular weight excluding hydrogens is 325 g/mol. The molecule has 1 aromatic rings. The molecule has 0 saturated carbocycles. The van der Waals surface area contributed by atoms with E-state index in [9.17, 15) is 12.8 Å². The number of halogens is 2. The third kappa shape index (κ3) is 4.31. The molecule has 0 heterocycles. The van der Waals surface area contributed by atoms with Gasteiger partial charge in [-0.15, -0.1) is 0 Å². The Kier molecular flexibility index (Phi) is 5.71. The highest BCUT2D eigenvalue weighted by molar-refractivity contribution is 9.10. The predicted octanol–water partition coefficient (Wildman–Crippen LogP) is 2.15. The Balaban J connectivity index is 2.77. The van der Waals surface area contributed by atoms with Crippen LogP contribution in [0.2, 0.25) is 0 Å². The van der Waals surface area contributed by atoms with Gasteiger partial charge in [-0.1, -0.05) is 6.92 Å². The number of benzene rings is 1. The van der Waals surface area contributed by atoms with E-state index in [1.165, 1.54) is 12.1 Å². The maximum absolute atomic E-state index is 13.3. The van der Waals surface area contributed by atoms with Gasteiger partial charge in [-0.05, 0) is 40.0 Å². The smallest absolute Gasteiger partial charge is 0.240 e. The van der Waals surface area contributed by atoms with Gasteiger partial charge < -0.3 is 4.74 Å². The van der Waals surface area contributed by atoms with Crippen molar-refractivity contribution in [1.82, 2.24) is 4.72 Å². The molecule has 102 valence electrons. The lowest BCUT2D eigenvalue weighted by atomic mass is 10.2. The summed E-state index contributed by atoms with van der Waals surface area (Å²) in [5, 5.41) is 0. The van der Waals surface area contributed by atoms with Gasteiger partial charge >= 0.3 is 0 Å². The van der Waals surface area contributed by atoms with Gasteiger partial charge in [0.15, 0.2) is 0 Å². The molecule has 1 N–H and O–H groups in total. The number of hydrogen-bond acceptors (Lipinski definition) is 3. The maximum Gasteiger partial charge on any atom is 0.240 e. The van der Waals surface area contributed by atoms with Crippen LogP contribution in [0.5, 0.6) is 0 Å². The van der Waals surface area contributed by atoms with E-state index in [1.807, 2.05) is 6.92 Å². The molecule has 0 aliphatic heterocycles. The van der Waals surface area contributed by atoms with Gasteiger partial charge in [-0.25, -0.2) is 17.5 Å². The van der Waals surface area contributed by atoms with Crippen molar-refractivity contribution in [2.45, 2.75) is 11.8 Å². The van der Waals surface area contributed by atoms with Gasteiger partial charge in [-0.3, -0.25) is 0 Å². The van der Waals surface area contributed by atoms with E-state index in [0.717, 1.165) is 6.07 Å². The zero-order valence-electron chi connectivity index (χ0n) is 10.1. The summed E-state index contributed by atoms with van der Waals surface area (Å²) in [5.74, 6) is -0.562. The molecule has 4 nitrogen and oxygen atoms in total. The minimum Gasteiger partial charge on any atom is -0.384 e. The molecular formula is C11H15BrFNO3S. The summed E-state index contributed by atoms with van der Waals surface area (Å²) in [4.78, 5) is -0.0900. The standard InChI is InChI=1S/C11H15BrFNO3S/c1-8(7-17-2)6-14-18(15,16)9-3-4-10(12)11(13)5-9/h3-5,8,14H,6-7H2,1-2H3. The molecule has 0 spiro atoms. The lowest BCUT2D eigenvalue weighted by Gasteiger charge is -2.12. The molecule has 0 saturated heterocycles. The minimum absolute atomic E-state index is 0.0464. The summed E-state index contributed by atoms with van der Waals surface area (Å²) in [6.07, 6.45) is 0. The van der Waals surface area contributed by atoms with E-state index >= 15 is 0 Å². The topological polar surface area (TPSA) is 55.4 Å². The van der Waals surface area contributed by atoms with E-state index < -0.39 is 15.8 Å². The van der Waals surface area contributed by atoms with Crippen LogP contribution in [-0.4, -0.2) is 28.7 Å². The third-order valence-corrected chi connectivity index (χ3v) is 4.34. The second-order valence-corrected chi connectivity index (χ2v) is 6.61. The largest absolute Gasteiger partial charge is 0.384 e. The zero-order chi connectivity index (χ0) is 13.8. The Morgan fingerprint density at radius 2 is 2.17 bits per heavy atom. The summed E-state index contributed by atoms with van der Waals surface area (Å²) in [5.41, 5.74) is 0. The lowest BCUT2D eigenvalue weighted by molar-refractivity contribution is 0.161.